The summed E-state index contributed by atoms with van der Waals surface area (Å²) in [7, 11) is 3.30. The van der Waals surface area contributed by atoms with Gasteiger partial charge in [0.1, 0.15) is 36.2 Å². The van der Waals surface area contributed by atoms with Crippen LogP contribution < -0.4 is 40.2 Å². The van der Waals surface area contributed by atoms with Gasteiger partial charge < -0.3 is 40.2 Å². The Morgan fingerprint density at radius 2 is 0.862 bits per heavy atom. The largest absolute Gasteiger partial charge is 0.496 e. The summed E-state index contributed by atoms with van der Waals surface area (Å²) in [5.41, 5.74) is 7.93. The Balaban J connectivity index is 0.000000221. The fraction of sp³-hybridized carbons (Fsp3) is 0.410. The van der Waals surface area contributed by atoms with E-state index in [9.17, 15) is 19.2 Å². The summed E-state index contributed by atoms with van der Waals surface area (Å²) >= 11 is 0. The SMILES string of the molecule is COc1cccc(OCc2ccccc2)c1-c1cc(C(=O)N[C@H](CC(=O)NCc2ccccc2)CC(C)C)nn1C1CCC(C)CC1.COc1cccc(OCc2ccccc2)c1-c1cc(C(=O)N[C@H](CC(=O)NCc2ccccc2)CC(C)C)nn1C1CCCC(C)C1. The maximum absolute atomic E-state index is 13.9. The van der Waals surface area contributed by atoms with Crippen LogP contribution in [0.4, 0.5) is 0 Å². The van der Waals surface area contributed by atoms with E-state index < -0.39 is 0 Å². The summed E-state index contributed by atoms with van der Waals surface area (Å²) in [6.07, 6.45) is 10.1. The first-order valence-corrected chi connectivity index (χ1v) is 33.7. The lowest BCUT2D eigenvalue weighted by Gasteiger charge is -2.29. The van der Waals surface area contributed by atoms with Crippen molar-refractivity contribution in [2.24, 2.45) is 23.7 Å². The van der Waals surface area contributed by atoms with E-state index in [-0.39, 0.29) is 72.5 Å². The molecule has 2 aromatic heterocycles. The second-order valence-corrected chi connectivity index (χ2v) is 26.3. The van der Waals surface area contributed by atoms with Crippen LogP contribution in [0.2, 0.25) is 0 Å². The molecule has 16 nitrogen and oxygen atoms in total. The number of carbonyl (C=O) groups is 4. The van der Waals surface area contributed by atoms with Crippen molar-refractivity contribution in [1.29, 1.82) is 0 Å². The molecule has 2 fully saturated rings. The topological polar surface area (TPSA) is 189 Å². The molecule has 4 atom stereocenters. The highest BCUT2D eigenvalue weighted by Gasteiger charge is 2.32. The molecule has 4 amide bonds. The van der Waals surface area contributed by atoms with Crippen LogP contribution in [0.15, 0.2) is 170 Å². The van der Waals surface area contributed by atoms with E-state index in [2.05, 4.69) is 62.8 Å². The van der Waals surface area contributed by atoms with Crippen molar-refractivity contribution in [3.63, 3.8) is 0 Å². The number of hydrogen-bond acceptors (Lipinski definition) is 10. The van der Waals surface area contributed by atoms with Crippen LogP contribution in [0.25, 0.3) is 22.5 Å². The third-order valence-corrected chi connectivity index (χ3v) is 17.6. The van der Waals surface area contributed by atoms with Crippen LogP contribution in [0, 0.1) is 23.7 Å². The Hall–Kier alpha value is -9.18. The molecule has 2 heterocycles. The minimum absolute atomic E-state index is 0.100. The molecule has 10 rings (SSSR count). The molecule has 4 N–H and O–H groups in total. The van der Waals surface area contributed by atoms with Gasteiger partial charge in [-0.1, -0.05) is 188 Å². The minimum Gasteiger partial charge on any atom is -0.496 e. The van der Waals surface area contributed by atoms with E-state index in [0.717, 1.165) is 89.7 Å². The Kier molecular flexibility index (Phi) is 25.5. The first kappa shape index (κ1) is 69.2. The van der Waals surface area contributed by atoms with E-state index in [1.54, 1.807) is 14.2 Å². The molecule has 6 aromatic carbocycles. The molecule has 496 valence electrons. The third-order valence-electron chi connectivity index (χ3n) is 17.6. The second-order valence-electron chi connectivity index (χ2n) is 26.3. The summed E-state index contributed by atoms with van der Waals surface area (Å²) in [6.45, 7) is 14.6. The normalized spacial score (nSPS) is 16.8. The van der Waals surface area contributed by atoms with Gasteiger partial charge in [-0.15, -0.1) is 0 Å². The number of rotatable bonds is 28. The highest BCUT2D eigenvalue weighted by Crippen LogP contribution is 2.45. The maximum atomic E-state index is 13.9. The van der Waals surface area contributed by atoms with Crippen molar-refractivity contribution in [1.82, 2.24) is 40.8 Å². The molecule has 2 aliphatic carbocycles. The standard InChI is InChI=1S/2C39H48N4O4/c1-27(2)21-31(23-37(44)40-25-29-14-7-5-8-15-29)41-39(45)33-24-34(43(42-33)32-18-11-13-28(3)22-32)38-35(46-4)19-12-20-36(38)47-26-30-16-9-6-10-17-30;1-27(2)22-31(23-37(44)40-25-29-12-7-5-8-13-29)41-39(45)33-24-34(43(42-33)32-20-18-28(3)19-21-32)38-35(46-4)16-11-17-36(38)47-26-30-14-9-6-10-15-30/h5-10,12,14-17,19-20,24,27-28,31-32H,11,13,18,21-23,25-26H2,1-4H3,(H,40,44)(H,41,45);5-17,24,27-28,31-32H,18-23,25-26H2,1-4H3,(H,40,44)(H,41,45)/t2*28?,31-,32?/m00/s1. The Morgan fingerprint density at radius 3 is 1.26 bits per heavy atom. The number of nitrogens with zero attached hydrogens (tertiary/aromatic N) is 4. The molecule has 0 bridgehead atoms. The predicted molar refractivity (Wildman–Crippen MR) is 371 cm³/mol. The first-order valence-electron chi connectivity index (χ1n) is 33.7. The molecule has 94 heavy (non-hydrogen) atoms. The third kappa shape index (κ3) is 19.9. The van der Waals surface area contributed by atoms with Crippen LogP contribution in [-0.4, -0.2) is 69.5 Å². The van der Waals surface area contributed by atoms with Gasteiger partial charge in [0.05, 0.1) is 48.8 Å². The van der Waals surface area contributed by atoms with Crippen molar-refractivity contribution in [3.8, 4) is 45.5 Å². The summed E-state index contributed by atoms with van der Waals surface area (Å²) < 4.78 is 28.5. The highest BCUT2D eigenvalue weighted by atomic mass is 16.5. The smallest absolute Gasteiger partial charge is 0.272 e. The van der Waals surface area contributed by atoms with Crippen molar-refractivity contribution >= 4 is 23.6 Å². The van der Waals surface area contributed by atoms with Gasteiger partial charge in [-0.25, -0.2) is 0 Å². The predicted octanol–water partition coefficient (Wildman–Crippen LogP) is 15.5. The van der Waals surface area contributed by atoms with Gasteiger partial charge in [0, 0.05) is 38.0 Å². The summed E-state index contributed by atoms with van der Waals surface area (Å²) in [6, 6.07) is 54.6. The summed E-state index contributed by atoms with van der Waals surface area (Å²) in [4.78, 5) is 53.7. The van der Waals surface area contributed by atoms with E-state index in [1.807, 2.05) is 179 Å². The lowest BCUT2D eigenvalue weighted by Crippen LogP contribution is -2.40. The van der Waals surface area contributed by atoms with E-state index in [0.29, 0.717) is 85.4 Å². The summed E-state index contributed by atoms with van der Waals surface area (Å²) in [5.74, 6) is 3.64. The molecule has 2 unspecified atom stereocenters. The van der Waals surface area contributed by atoms with Gasteiger partial charge in [-0.3, -0.25) is 28.5 Å². The van der Waals surface area contributed by atoms with Crippen LogP contribution in [0.1, 0.15) is 174 Å². The van der Waals surface area contributed by atoms with Gasteiger partial charge in [-0.2, -0.15) is 10.2 Å². The lowest BCUT2D eigenvalue weighted by molar-refractivity contribution is -0.122. The molecular formula is C78H96N8O8. The molecule has 0 saturated heterocycles. The number of ether oxygens (including phenoxy) is 4. The number of nitrogens with one attached hydrogen (secondary N) is 4. The van der Waals surface area contributed by atoms with E-state index in [4.69, 9.17) is 29.1 Å². The fourth-order valence-corrected chi connectivity index (χ4v) is 12.9. The zero-order valence-electron chi connectivity index (χ0n) is 56.2. The fourth-order valence-electron chi connectivity index (χ4n) is 12.9. The van der Waals surface area contributed by atoms with Crippen molar-refractivity contribution in [2.45, 2.75) is 169 Å². The number of carbonyl (C=O) groups excluding carboxylic acids is 4. The quantitative estimate of drug-likeness (QED) is 0.0367. The van der Waals surface area contributed by atoms with E-state index in [1.165, 1.54) is 6.42 Å². The number of benzene rings is 6. The molecule has 0 spiro atoms. The molecule has 0 aliphatic heterocycles. The van der Waals surface area contributed by atoms with Gasteiger partial charge in [-0.05, 0) is 134 Å². The average Bonchev–Trinajstić information content (AvgIpc) is 1.60. The van der Waals surface area contributed by atoms with Crippen molar-refractivity contribution in [2.75, 3.05) is 14.2 Å². The molecule has 0 radical (unpaired) electrons. The molecule has 2 aliphatic rings. The first-order chi connectivity index (χ1) is 45.6. The minimum atomic E-state index is -0.336. The molecular weight excluding hydrogens is 1180 g/mol. The number of amides is 4. The molecule has 8 aromatic rings. The van der Waals surface area contributed by atoms with Gasteiger partial charge in [0.2, 0.25) is 11.8 Å². The highest BCUT2D eigenvalue weighted by molar-refractivity contribution is 5.95. The zero-order chi connectivity index (χ0) is 66.3. The number of methoxy groups -OCH3 is 2. The lowest BCUT2D eigenvalue weighted by atomic mass is 9.87. The number of hydrogen-bond donors (Lipinski definition) is 4. The van der Waals surface area contributed by atoms with Crippen molar-refractivity contribution in [3.05, 3.63) is 203 Å². The molecule has 2 saturated carbocycles. The molecule has 16 heteroatoms. The van der Waals surface area contributed by atoms with E-state index >= 15 is 0 Å². The van der Waals surface area contributed by atoms with Crippen LogP contribution in [0.5, 0.6) is 23.0 Å². The average molecular weight is 1270 g/mol. The van der Waals surface area contributed by atoms with Crippen molar-refractivity contribution < 1.29 is 38.1 Å². The van der Waals surface area contributed by atoms with Gasteiger partial charge in [0.25, 0.3) is 11.8 Å². The second kappa shape index (κ2) is 34.6. The Morgan fingerprint density at radius 1 is 0.468 bits per heavy atom. The Bertz CT molecular complexity index is 3680. The monoisotopic (exact) mass is 1270 g/mol. The van der Waals surface area contributed by atoms with Crippen LogP contribution in [0.3, 0.4) is 0 Å². The summed E-state index contributed by atoms with van der Waals surface area (Å²) in [5, 5.41) is 22.2. The maximum Gasteiger partial charge on any atom is 0.272 e. The number of aromatic nitrogens is 4. The Labute approximate surface area is 555 Å². The van der Waals surface area contributed by atoms with Gasteiger partial charge >= 0.3 is 0 Å². The van der Waals surface area contributed by atoms with Crippen LogP contribution >= 0.6 is 0 Å². The zero-order valence-corrected chi connectivity index (χ0v) is 56.2. The van der Waals surface area contributed by atoms with Gasteiger partial charge in [0.15, 0.2) is 11.4 Å². The van der Waals surface area contributed by atoms with Crippen LogP contribution in [-0.2, 0) is 35.9 Å².